The van der Waals surface area contributed by atoms with Crippen LogP contribution in [0.25, 0.3) is 10.9 Å². The number of nitriles is 1. The van der Waals surface area contributed by atoms with Crippen LogP contribution >= 0.6 is 15.9 Å². The quantitative estimate of drug-likeness (QED) is 0.768. The molecule has 0 spiro atoms. The Kier molecular flexibility index (Phi) is 2.54. The van der Waals surface area contributed by atoms with Crippen LogP contribution in [0.4, 0.5) is 0 Å². The third-order valence-corrected chi connectivity index (χ3v) is 3.13. The lowest BCUT2D eigenvalue weighted by molar-refractivity contribution is 0.623. The molecule has 0 saturated heterocycles. The van der Waals surface area contributed by atoms with Crippen molar-refractivity contribution in [2.75, 3.05) is 0 Å². The van der Waals surface area contributed by atoms with E-state index in [1.165, 1.54) is 0 Å². The number of aromatic nitrogens is 1. The Hall–Kier alpha value is -1.27. The monoisotopic (exact) mass is 262 g/mol. The lowest BCUT2D eigenvalue weighted by Gasteiger charge is -2.09. The lowest BCUT2D eigenvalue weighted by atomic mass is 10.2. The SMILES string of the molecule is CC(C)n1ccc2c(Br)cc(C#N)cc21. The van der Waals surface area contributed by atoms with Crippen molar-refractivity contribution >= 4 is 26.8 Å². The van der Waals surface area contributed by atoms with E-state index in [1.807, 2.05) is 12.1 Å². The molecule has 3 heteroatoms. The molecule has 1 heterocycles. The summed E-state index contributed by atoms with van der Waals surface area (Å²) >= 11 is 3.49. The van der Waals surface area contributed by atoms with E-state index in [0.717, 1.165) is 15.4 Å². The van der Waals surface area contributed by atoms with Crippen LogP contribution in [0.5, 0.6) is 0 Å². The molecule has 0 atom stereocenters. The van der Waals surface area contributed by atoms with Gasteiger partial charge in [0.15, 0.2) is 0 Å². The second-order valence-corrected chi connectivity index (χ2v) is 4.67. The number of rotatable bonds is 1. The molecule has 0 fully saturated rings. The van der Waals surface area contributed by atoms with Crippen LogP contribution in [0.3, 0.4) is 0 Å². The highest BCUT2D eigenvalue weighted by atomic mass is 79.9. The first-order chi connectivity index (χ1) is 7.13. The minimum Gasteiger partial charge on any atom is -0.345 e. The van der Waals surface area contributed by atoms with Crippen molar-refractivity contribution in [3.05, 3.63) is 34.4 Å². The Labute approximate surface area is 97.3 Å². The van der Waals surface area contributed by atoms with Crippen LogP contribution in [0.1, 0.15) is 25.5 Å². The lowest BCUT2D eigenvalue weighted by Crippen LogP contribution is -1.98. The predicted octanol–water partition coefficient (Wildman–Crippen LogP) is 3.86. The Bertz CT molecular complexity index is 546. The second-order valence-electron chi connectivity index (χ2n) is 3.82. The van der Waals surface area contributed by atoms with Crippen molar-refractivity contribution in [2.24, 2.45) is 0 Å². The third kappa shape index (κ3) is 1.66. The molecule has 0 N–H and O–H groups in total. The van der Waals surface area contributed by atoms with Gasteiger partial charge in [-0.3, -0.25) is 0 Å². The van der Waals surface area contributed by atoms with Crippen LogP contribution < -0.4 is 0 Å². The average Bonchev–Trinajstić information content (AvgIpc) is 2.61. The van der Waals surface area contributed by atoms with Crippen molar-refractivity contribution in [1.29, 1.82) is 5.26 Å². The van der Waals surface area contributed by atoms with E-state index >= 15 is 0 Å². The molecule has 0 unspecified atom stereocenters. The van der Waals surface area contributed by atoms with Gasteiger partial charge in [0, 0.05) is 22.1 Å². The van der Waals surface area contributed by atoms with E-state index in [0.29, 0.717) is 11.6 Å². The molecule has 0 aliphatic carbocycles. The molecule has 2 nitrogen and oxygen atoms in total. The maximum atomic E-state index is 8.91. The van der Waals surface area contributed by atoms with Crippen LogP contribution in [0.2, 0.25) is 0 Å². The smallest absolute Gasteiger partial charge is 0.0992 e. The van der Waals surface area contributed by atoms with Crippen molar-refractivity contribution in [2.45, 2.75) is 19.9 Å². The highest BCUT2D eigenvalue weighted by Crippen LogP contribution is 2.28. The van der Waals surface area contributed by atoms with Gasteiger partial charge < -0.3 is 4.57 Å². The molecule has 0 saturated carbocycles. The zero-order valence-electron chi connectivity index (χ0n) is 8.66. The number of hydrogen-bond acceptors (Lipinski definition) is 1. The van der Waals surface area contributed by atoms with Gasteiger partial charge in [0.1, 0.15) is 0 Å². The highest BCUT2D eigenvalue weighted by Gasteiger charge is 2.08. The van der Waals surface area contributed by atoms with Gasteiger partial charge in [-0.05, 0) is 32.0 Å². The number of fused-ring (bicyclic) bond motifs is 1. The summed E-state index contributed by atoms with van der Waals surface area (Å²) in [5.41, 5.74) is 1.80. The van der Waals surface area contributed by atoms with Crippen molar-refractivity contribution in [1.82, 2.24) is 4.57 Å². The molecule has 0 radical (unpaired) electrons. The van der Waals surface area contributed by atoms with Gasteiger partial charge in [0.2, 0.25) is 0 Å². The molecule has 2 rings (SSSR count). The summed E-state index contributed by atoms with van der Waals surface area (Å²) in [6, 6.07) is 8.43. The Morgan fingerprint density at radius 3 is 2.73 bits per heavy atom. The van der Waals surface area contributed by atoms with Gasteiger partial charge in [-0.2, -0.15) is 5.26 Å². The average molecular weight is 263 g/mol. The Morgan fingerprint density at radius 1 is 1.40 bits per heavy atom. The number of benzene rings is 1. The van der Waals surface area contributed by atoms with Gasteiger partial charge in [0.25, 0.3) is 0 Å². The zero-order chi connectivity index (χ0) is 11.0. The molecular formula is C12H11BrN2. The van der Waals surface area contributed by atoms with E-state index in [9.17, 15) is 0 Å². The van der Waals surface area contributed by atoms with Crippen LogP contribution in [0, 0.1) is 11.3 Å². The van der Waals surface area contributed by atoms with E-state index < -0.39 is 0 Å². The molecule has 0 bridgehead atoms. The van der Waals surface area contributed by atoms with Gasteiger partial charge in [-0.15, -0.1) is 0 Å². The number of nitrogens with zero attached hydrogens (tertiary/aromatic N) is 2. The summed E-state index contributed by atoms with van der Waals surface area (Å²) in [6.45, 7) is 4.26. The van der Waals surface area contributed by atoms with E-state index in [2.05, 4.69) is 52.7 Å². The van der Waals surface area contributed by atoms with Gasteiger partial charge in [-0.1, -0.05) is 15.9 Å². The Balaban J connectivity index is 2.80. The van der Waals surface area contributed by atoms with Gasteiger partial charge in [-0.25, -0.2) is 0 Å². The fraction of sp³-hybridized carbons (Fsp3) is 0.250. The minimum absolute atomic E-state index is 0.406. The zero-order valence-corrected chi connectivity index (χ0v) is 10.2. The number of hydrogen-bond donors (Lipinski definition) is 0. The van der Waals surface area contributed by atoms with Crippen molar-refractivity contribution in [3.8, 4) is 6.07 Å². The fourth-order valence-corrected chi connectivity index (χ4v) is 2.31. The molecular weight excluding hydrogens is 252 g/mol. The largest absolute Gasteiger partial charge is 0.345 e. The fourth-order valence-electron chi connectivity index (χ4n) is 1.73. The number of halogens is 1. The first-order valence-corrected chi connectivity index (χ1v) is 5.63. The molecule has 76 valence electrons. The van der Waals surface area contributed by atoms with Crippen LogP contribution in [-0.2, 0) is 0 Å². The standard InChI is InChI=1S/C12H11BrN2/c1-8(2)15-4-3-10-11(13)5-9(7-14)6-12(10)15/h3-6,8H,1-2H3. The third-order valence-electron chi connectivity index (χ3n) is 2.47. The molecule has 0 amide bonds. The van der Waals surface area contributed by atoms with Crippen LogP contribution in [-0.4, -0.2) is 4.57 Å². The predicted molar refractivity (Wildman–Crippen MR) is 64.7 cm³/mol. The van der Waals surface area contributed by atoms with Crippen LogP contribution in [0.15, 0.2) is 28.9 Å². The summed E-state index contributed by atoms with van der Waals surface area (Å²) in [7, 11) is 0. The van der Waals surface area contributed by atoms with E-state index in [1.54, 1.807) is 0 Å². The highest BCUT2D eigenvalue weighted by molar-refractivity contribution is 9.10. The van der Waals surface area contributed by atoms with Crippen molar-refractivity contribution < 1.29 is 0 Å². The first-order valence-electron chi connectivity index (χ1n) is 4.83. The minimum atomic E-state index is 0.406. The topological polar surface area (TPSA) is 28.7 Å². The molecule has 15 heavy (non-hydrogen) atoms. The maximum Gasteiger partial charge on any atom is 0.0992 e. The van der Waals surface area contributed by atoms with Gasteiger partial charge in [0.05, 0.1) is 17.1 Å². The summed E-state index contributed by atoms with van der Waals surface area (Å²) in [5.74, 6) is 0. The molecule has 0 aliphatic rings. The normalized spacial score (nSPS) is 10.9. The molecule has 0 aliphatic heterocycles. The Morgan fingerprint density at radius 2 is 2.13 bits per heavy atom. The molecule has 1 aromatic carbocycles. The van der Waals surface area contributed by atoms with Gasteiger partial charge >= 0.3 is 0 Å². The molecule has 2 aromatic rings. The van der Waals surface area contributed by atoms with E-state index in [4.69, 9.17) is 5.26 Å². The molecule has 1 aromatic heterocycles. The first kappa shape index (κ1) is 10.3. The van der Waals surface area contributed by atoms with Crippen molar-refractivity contribution in [3.63, 3.8) is 0 Å². The van der Waals surface area contributed by atoms with E-state index in [-0.39, 0.29) is 0 Å². The second kappa shape index (κ2) is 3.71. The summed E-state index contributed by atoms with van der Waals surface area (Å²) in [4.78, 5) is 0. The summed E-state index contributed by atoms with van der Waals surface area (Å²) in [5, 5.41) is 10.1. The summed E-state index contributed by atoms with van der Waals surface area (Å²) in [6.07, 6.45) is 2.06. The maximum absolute atomic E-state index is 8.91. The summed E-state index contributed by atoms with van der Waals surface area (Å²) < 4.78 is 3.15.